The molecule has 10 heteroatoms. The number of carbonyl (C=O) groups is 2. The first-order valence-electron chi connectivity index (χ1n) is 34.9. The summed E-state index contributed by atoms with van der Waals surface area (Å²) in [6, 6.07) is 0. The number of hydrogen-bond donors (Lipinski definition) is 1. The van der Waals surface area contributed by atoms with E-state index >= 15 is 0 Å². The van der Waals surface area contributed by atoms with Crippen LogP contribution in [-0.2, 0) is 32.7 Å². The third-order valence-corrected chi connectivity index (χ3v) is 15.2. The molecule has 0 aliphatic heterocycles. The van der Waals surface area contributed by atoms with Gasteiger partial charge in [-0.05, 0) is 135 Å². The molecule has 9 nitrogen and oxygen atoms in total. The number of esters is 2. The van der Waals surface area contributed by atoms with Crippen LogP contribution in [0.15, 0.2) is 170 Å². The number of hydrogen-bond acceptors (Lipinski definition) is 7. The molecule has 0 aromatic carbocycles. The van der Waals surface area contributed by atoms with Crippen molar-refractivity contribution in [3.63, 3.8) is 0 Å². The van der Waals surface area contributed by atoms with Crippen molar-refractivity contribution in [1.82, 2.24) is 0 Å². The third kappa shape index (κ3) is 70.5. The Labute approximate surface area is 540 Å². The second kappa shape index (κ2) is 66.8. The summed E-state index contributed by atoms with van der Waals surface area (Å²) in [4.78, 5) is 35.9. The molecule has 0 rings (SSSR count). The average molecular weight is 1240 g/mol. The van der Waals surface area contributed by atoms with Crippen molar-refractivity contribution in [2.75, 3.05) is 47.5 Å². The summed E-state index contributed by atoms with van der Waals surface area (Å²) in [5, 5.41) is 0. The van der Waals surface area contributed by atoms with Gasteiger partial charge in [-0.2, -0.15) is 0 Å². The van der Waals surface area contributed by atoms with Gasteiger partial charge in [0.2, 0.25) is 0 Å². The van der Waals surface area contributed by atoms with E-state index in [0.29, 0.717) is 17.4 Å². The van der Waals surface area contributed by atoms with Gasteiger partial charge in [-0.15, -0.1) is 0 Å². The molecule has 0 aromatic heterocycles. The quantitative estimate of drug-likeness (QED) is 0.0211. The molecular formula is C78H129NO8P+. The average Bonchev–Trinajstić information content (AvgIpc) is 3.68. The molecule has 1 N–H and O–H groups in total. The zero-order valence-electron chi connectivity index (χ0n) is 56.6. The van der Waals surface area contributed by atoms with Crippen LogP contribution < -0.4 is 0 Å². The van der Waals surface area contributed by atoms with Crippen LogP contribution in [0, 0.1) is 0 Å². The van der Waals surface area contributed by atoms with Crippen LogP contribution in [0.4, 0.5) is 0 Å². The van der Waals surface area contributed by atoms with Gasteiger partial charge in [0.15, 0.2) is 6.10 Å². The van der Waals surface area contributed by atoms with Gasteiger partial charge >= 0.3 is 19.8 Å². The lowest BCUT2D eigenvalue weighted by Gasteiger charge is -2.24. The van der Waals surface area contributed by atoms with Crippen LogP contribution in [0.25, 0.3) is 0 Å². The summed E-state index contributed by atoms with van der Waals surface area (Å²) in [7, 11) is 1.43. The van der Waals surface area contributed by atoms with Crippen molar-refractivity contribution < 1.29 is 42.1 Å². The van der Waals surface area contributed by atoms with Crippen LogP contribution in [0.2, 0.25) is 0 Å². The molecule has 2 atom stereocenters. The monoisotopic (exact) mass is 1240 g/mol. The normalized spacial score (nSPS) is 14.2. The van der Waals surface area contributed by atoms with E-state index in [9.17, 15) is 19.0 Å². The number of carbonyl (C=O) groups excluding carboxylic acids is 2. The Bertz CT molecular complexity index is 2090. The largest absolute Gasteiger partial charge is 0.472 e. The van der Waals surface area contributed by atoms with Gasteiger partial charge in [-0.3, -0.25) is 18.6 Å². The predicted octanol–water partition coefficient (Wildman–Crippen LogP) is 22.9. The molecule has 0 saturated carbocycles. The Balaban J connectivity index is 4.21. The fourth-order valence-electron chi connectivity index (χ4n) is 8.91. The molecule has 0 amide bonds. The van der Waals surface area contributed by atoms with Crippen molar-refractivity contribution in [2.45, 2.75) is 264 Å². The third-order valence-electron chi connectivity index (χ3n) is 14.2. The smallest absolute Gasteiger partial charge is 0.462 e. The first-order chi connectivity index (χ1) is 43.0. The Kier molecular flexibility index (Phi) is 63.3. The molecule has 0 spiro atoms. The number of unbranched alkanes of at least 4 members (excludes halogenated alkanes) is 20. The molecule has 0 saturated heterocycles. The lowest BCUT2D eigenvalue weighted by atomic mass is 10.0. The summed E-state index contributed by atoms with van der Waals surface area (Å²) in [5.74, 6) is -0.847. The van der Waals surface area contributed by atoms with E-state index in [0.717, 1.165) is 122 Å². The SMILES string of the molecule is CC/C=C\C/C=C\C/C=C\C/C=C\C/C=C\C/C=C\C/C=C\C/C=C\C/C=C\C/C=C\C/C=C\CCCCCC(=O)OC(COC(=O)CCCCCCCCCCCCCC/C=C\C/C=C\C/C=C\CCCCCCC)COP(=O)(O)OCC[N+](C)(C)C. The Morgan fingerprint density at radius 3 is 0.977 bits per heavy atom. The summed E-state index contributed by atoms with van der Waals surface area (Å²) in [6.45, 7) is 4.26. The molecule has 0 aliphatic rings. The van der Waals surface area contributed by atoms with Gasteiger partial charge in [-0.25, -0.2) is 4.57 Å². The standard InChI is InChI=1S/C78H128NO8P/c1-6-8-10-12-14-16-18-20-22-24-26-28-30-32-34-35-36-37-38-39-40-41-42-43-45-47-49-51-53-55-57-59-61-63-65-67-69-71-78(81)87-76(75-86-88(82,83)85-73-72-79(3,4)5)74-84-77(80)70-68-66-64-62-60-58-56-54-52-50-48-46-44-33-31-29-27-25-23-21-19-17-15-13-11-9-7-2/h8,10,14,16,19-22,25-28,31-34,36-37,39-40,42-43,47,49,53,55,59,61,76H,6-7,9,11-13,15,17-18,23-24,29-30,35,38,41,44-46,48,50-52,54,56-58,60,62-75H2,1-5H3/p+1/b10-8-,16-14-,21-19-,22-20-,27-25-,28-26-,33-31-,34-32-,37-36-,40-39-,43-42-,49-47-,55-53-,61-59-. The highest BCUT2D eigenvalue weighted by Crippen LogP contribution is 2.43. The summed E-state index contributed by atoms with van der Waals surface area (Å²) in [5.41, 5.74) is 0. The van der Waals surface area contributed by atoms with Gasteiger partial charge in [0.25, 0.3) is 0 Å². The second-order valence-electron chi connectivity index (χ2n) is 23.8. The maximum absolute atomic E-state index is 12.9. The Hall–Kier alpha value is -4.63. The minimum Gasteiger partial charge on any atom is -0.462 e. The first kappa shape index (κ1) is 83.4. The molecule has 0 heterocycles. The molecule has 0 aromatic rings. The van der Waals surface area contributed by atoms with Crippen LogP contribution in [0.1, 0.15) is 258 Å². The molecule has 2 unspecified atom stereocenters. The van der Waals surface area contributed by atoms with Gasteiger partial charge < -0.3 is 18.9 Å². The van der Waals surface area contributed by atoms with E-state index < -0.39 is 26.5 Å². The molecule has 0 radical (unpaired) electrons. The number of phosphoric acid groups is 1. The number of nitrogens with zero attached hydrogens (tertiary/aromatic N) is 1. The van der Waals surface area contributed by atoms with E-state index in [-0.39, 0.29) is 32.0 Å². The predicted molar refractivity (Wildman–Crippen MR) is 380 cm³/mol. The Morgan fingerprint density at radius 2 is 0.648 bits per heavy atom. The number of likely N-dealkylation sites (N-methyl/N-ethyl adjacent to an activating group) is 1. The zero-order chi connectivity index (χ0) is 64.1. The minimum atomic E-state index is -4.41. The fourth-order valence-corrected chi connectivity index (χ4v) is 9.65. The molecule has 0 fully saturated rings. The van der Waals surface area contributed by atoms with Gasteiger partial charge in [0.1, 0.15) is 19.8 Å². The highest BCUT2D eigenvalue weighted by atomic mass is 31.2. The summed E-state index contributed by atoms with van der Waals surface area (Å²) in [6.07, 6.45) is 102. The van der Waals surface area contributed by atoms with Gasteiger partial charge in [-0.1, -0.05) is 280 Å². The first-order valence-corrected chi connectivity index (χ1v) is 36.4. The fraction of sp³-hybridized carbons (Fsp3) is 0.615. The molecule has 0 bridgehead atoms. The number of allylic oxidation sites excluding steroid dienone is 28. The Morgan fingerprint density at radius 1 is 0.364 bits per heavy atom. The molecular weight excluding hydrogens is 1110 g/mol. The molecule has 88 heavy (non-hydrogen) atoms. The highest BCUT2D eigenvalue weighted by Gasteiger charge is 2.27. The van der Waals surface area contributed by atoms with Gasteiger partial charge in [0, 0.05) is 12.8 Å². The van der Waals surface area contributed by atoms with Crippen molar-refractivity contribution in [3.05, 3.63) is 170 Å². The number of phosphoric ester groups is 1. The van der Waals surface area contributed by atoms with E-state index in [1.165, 1.54) is 103 Å². The number of rotatable bonds is 62. The zero-order valence-corrected chi connectivity index (χ0v) is 57.5. The number of ether oxygens (including phenoxy) is 2. The van der Waals surface area contributed by atoms with E-state index in [4.69, 9.17) is 18.5 Å². The van der Waals surface area contributed by atoms with E-state index in [2.05, 4.69) is 184 Å². The van der Waals surface area contributed by atoms with Crippen molar-refractivity contribution in [3.8, 4) is 0 Å². The van der Waals surface area contributed by atoms with Crippen LogP contribution in [0.3, 0.4) is 0 Å². The van der Waals surface area contributed by atoms with Crippen molar-refractivity contribution in [2.24, 2.45) is 0 Å². The van der Waals surface area contributed by atoms with Crippen LogP contribution in [-0.4, -0.2) is 74.9 Å². The van der Waals surface area contributed by atoms with Crippen LogP contribution >= 0.6 is 7.82 Å². The number of quaternary nitrogens is 1. The lowest BCUT2D eigenvalue weighted by Crippen LogP contribution is -2.37. The maximum atomic E-state index is 12.9. The molecule has 498 valence electrons. The van der Waals surface area contributed by atoms with Crippen molar-refractivity contribution >= 4 is 19.8 Å². The molecule has 0 aliphatic carbocycles. The van der Waals surface area contributed by atoms with Gasteiger partial charge in [0.05, 0.1) is 27.7 Å². The minimum absolute atomic E-state index is 0.0154. The second-order valence-corrected chi connectivity index (χ2v) is 25.3. The van der Waals surface area contributed by atoms with Crippen LogP contribution in [0.5, 0.6) is 0 Å². The van der Waals surface area contributed by atoms with Crippen molar-refractivity contribution in [1.29, 1.82) is 0 Å². The van der Waals surface area contributed by atoms with E-state index in [1.807, 2.05) is 21.1 Å². The summed E-state index contributed by atoms with van der Waals surface area (Å²) < 4.78 is 34.6. The summed E-state index contributed by atoms with van der Waals surface area (Å²) >= 11 is 0. The van der Waals surface area contributed by atoms with E-state index in [1.54, 1.807) is 0 Å². The maximum Gasteiger partial charge on any atom is 0.472 e. The highest BCUT2D eigenvalue weighted by molar-refractivity contribution is 7.47. The topological polar surface area (TPSA) is 108 Å². The lowest BCUT2D eigenvalue weighted by molar-refractivity contribution is -0.870.